The van der Waals surface area contributed by atoms with Gasteiger partial charge in [0.1, 0.15) is 11.6 Å². The summed E-state index contributed by atoms with van der Waals surface area (Å²) in [6.07, 6.45) is 4.72. The molecule has 17 heavy (non-hydrogen) atoms. The molecular weight excluding hydrogens is 212 g/mol. The van der Waals surface area contributed by atoms with Crippen molar-refractivity contribution in [2.75, 3.05) is 31.1 Å². The van der Waals surface area contributed by atoms with Crippen molar-refractivity contribution in [1.82, 2.24) is 15.3 Å². The Morgan fingerprint density at radius 2 is 1.82 bits per heavy atom. The van der Waals surface area contributed by atoms with Gasteiger partial charge in [-0.05, 0) is 32.7 Å². The number of nitrogens with zero attached hydrogens (tertiary/aromatic N) is 3. The summed E-state index contributed by atoms with van der Waals surface area (Å²) in [4.78, 5) is 11.8. The van der Waals surface area contributed by atoms with Crippen LogP contribution in [0.25, 0.3) is 0 Å². The molecule has 0 unspecified atom stereocenters. The minimum Gasteiger partial charge on any atom is -0.356 e. The zero-order valence-corrected chi connectivity index (χ0v) is 10.5. The van der Waals surface area contributed by atoms with Gasteiger partial charge in [0.2, 0.25) is 0 Å². The van der Waals surface area contributed by atoms with Crippen LogP contribution in [0, 0.1) is 6.92 Å². The SMILES string of the molecule is Cc1nc2c(c(N3CCCC3)n1)CCNCC2. The van der Waals surface area contributed by atoms with E-state index in [1.807, 2.05) is 6.92 Å². The first-order chi connectivity index (χ1) is 8.34. The Morgan fingerprint density at radius 3 is 2.65 bits per heavy atom. The second kappa shape index (κ2) is 4.61. The summed E-state index contributed by atoms with van der Waals surface area (Å²) in [5, 5.41) is 3.45. The number of nitrogens with one attached hydrogen (secondary N) is 1. The van der Waals surface area contributed by atoms with E-state index in [0.29, 0.717) is 0 Å². The lowest BCUT2D eigenvalue weighted by Crippen LogP contribution is -2.23. The molecule has 2 aliphatic heterocycles. The van der Waals surface area contributed by atoms with Crippen molar-refractivity contribution < 1.29 is 0 Å². The molecule has 2 aliphatic rings. The molecule has 0 radical (unpaired) electrons. The first-order valence-corrected chi connectivity index (χ1v) is 6.66. The third-order valence-electron chi connectivity index (χ3n) is 3.68. The minimum atomic E-state index is 0.924. The molecule has 3 rings (SSSR count). The van der Waals surface area contributed by atoms with E-state index in [9.17, 15) is 0 Å². The molecule has 4 nitrogen and oxygen atoms in total. The second-order valence-corrected chi connectivity index (χ2v) is 4.96. The molecule has 4 heteroatoms. The fourth-order valence-corrected chi connectivity index (χ4v) is 2.84. The average molecular weight is 232 g/mol. The summed E-state index contributed by atoms with van der Waals surface area (Å²) < 4.78 is 0. The molecular formula is C13H20N4. The molecule has 0 saturated carbocycles. The summed E-state index contributed by atoms with van der Waals surface area (Å²) in [5.41, 5.74) is 2.66. The van der Waals surface area contributed by atoms with Gasteiger partial charge < -0.3 is 10.2 Å². The molecule has 92 valence electrons. The van der Waals surface area contributed by atoms with Crippen LogP contribution in [0.4, 0.5) is 5.82 Å². The van der Waals surface area contributed by atoms with Crippen molar-refractivity contribution in [3.8, 4) is 0 Å². The fraction of sp³-hybridized carbons (Fsp3) is 0.692. The van der Waals surface area contributed by atoms with Gasteiger partial charge in [0.05, 0.1) is 5.69 Å². The minimum absolute atomic E-state index is 0.924. The number of hydrogen-bond acceptors (Lipinski definition) is 4. The Labute approximate surface area is 102 Å². The predicted octanol–water partition coefficient (Wildman–Crippen LogP) is 1.07. The van der Waals surface area contributed by atoms with Crippen molar-refractivity contribution in [1.29, 1.82) is 0 Å². The van der Waals surface area contributed by atoms with E-state index in [0.717, 1.165) is 44.8 Å². The first-order valence-electron chi connectivity index (χ1n) is 6.66. The van der Waals surface area contributed by atoms with E-state index in [1.54, 1.807) is 0 Å². The summed E-state index contributed by atoms with van der Waals surface area (Å²) in [6, 6.07) is 0. The Kier molecular flexibility index (Phi) is 2.97. The van der Waals surface area contributed by atoms with Crippen molar-refractivity contribution >= 4 is 5.82 Å². The van der Waals surface area contributed by atoms with Gasteiger partial charge in [-0.1, -0.05) is 0 Å². The van der Waals surface area contributed by atoms with Gasteiger partial charge in [0.15, 0.2) is 0 Å². The monoisotopic (exact) mass is 232 g/mol. The number of hydrogen-bond donors (Lipinski definition) is 1. The number of aryl methyl sites for hydroxylation is 1. The lowest BCUT2D eigenvalue weighted by atomic mass is 10.1. The largest absolute Gasteiger partial charge is 0.356 e. The molecule has 1 N–H and O–H groups in total. The Morgan fingerprint density at radius 1 is 1.06 bits per heavy atom. The van der Waals surface area contributed by atoms with Gasteiger partial charge in [-0.3, -0.25) is 0 Å². The van der Waals surface area contributed by atoms with E-state index in [1.165, 1.54) is 29.9 Å². The molecule has 0 aromatic carbocycles. The molecule has 1 aromatic rings. The van der Waals surface area contributed by atoms with E-state index in [4.69, 9.17) is 4.98 Å². The van der Waals surface area contributed by atoms with Crippen LogP contribution in [0.3, 0.4) is 0 Å². The molecule has 0 atom stereocenters. The van der Waals surface area contributed by atoms with Crippen LogP contribution >= 0.6 is 0 Å². The summed E-state index contributed by atoms with van der Waals surface area (Å²) in [7, 11) is 0. The normalized spacial score (nSPS) is 20.2. The highest BCUT2D eigenvalue weighted by molar-refractivity contribution is 5.50. The van der Waals surface area contributed by atoms with Crippen LogP contribution in [0.15, 0.2) is 0 Å². The number of anilines is 1. The Balaban J connectivity index is 2.03. The summed E-state index contributed by atoms with van der Waals surface area (Å²) in [5.74, 6) is 2.14. The summed E-state index contributed by atoms with van der Waals surface area (Å²) in [6.45, 7) is 6.44. The van der Waals surface area contributed by atoms with Gasteiger partial charge in [-0.15, -0.1) is 0 Å². The lowest BCUT2D eigenvalue weighted by molar-refractivity contribution is 0.708. The lowest BCUT2D eigenvalue weighted by Gasteiger charge is -2.21. The van der Waals surface area contributed by atoms with Crippen LogP contribution < -0.4 is 10.2 Å². The van der Waals surface area contributed by atoms with Crippen molar-refractivity contribution in [3.63, 3.8) is 0 Å². The van der Waals surface area contributed by atoms with Crippen molar-refractivity contribution in [3.05, 3.63) is 17.1 Å². The third kappa shape index (κ3) is 2.14. The highest BCUT2D eigenvalue weighted by atomic mass is 15.2. The maximum absolute atomic E-state index is 4.70. The Bertz CT molecular complexity index is 410. The topological polar surface area (TPSA) is 41.1 Å². The van der Waals surface area contributed by atoms with Gasteiger partial charge in [-0.25, -0.2) is 9.97 Å². The van der Waals surface area contributed by atoms with Crippen molar-refractivity contribution in [2.45, 2.75) is 32.6 Å². The second-order valence-electron chi connectivity index (χ2n) is 4.96. The fourth-order valence-electron chi connectivity index (χ4n) is 2.84. The van der Waals surface area contributed by atoms with Crippen LogP contribution in [-0.4, -0.2) is 36.1 Å². The molecule has 0 amide bonds. The predicted molar refractivity (Wildman–Crippen MR) is 68.5 cm³/mol. The first kappa shape index (κ1) is 11.0. The van der Waals surface area contributed by atoms with Crippen molar-refractivity contribution in [2.24, 2.45) is 0 Å². The van der Waals surface area contributed by atoms with Gasteiger partial charge >= 0.3 is 0 Å². The maximum atomic E-state index is 4.70. The zero-order chi connectivity index (χ0) is 11.7. The number of rotatable bonds is 1. The van der Waals surface area contributed by atoms with Crippen LogP contribution in [0.1, 0.15) is 29.9 Å². The highest BCUT2D eigenvalue weighted by Crippen LogP contribution is 2.26. The molecule has 1 aromatic heterocycles. The molecule has 0 spiro atoms. The Hall–Kier alpha value is -1.16. The van der Waals surface area contributed by atoms with Gasteiger partial charge in [0.25, 0.3) is 0 Å². The standard InChI is InChI=1S/C13H20N4/c1-10-15-12-5-7-14-6-4-11(12)13(16-10)17-8-2-3-9-17/h14H,2-9H2,1H3. The zero-order valence-electron chi connectivity index (χ0n) is 10.5. The van der Waals surface area contributed by atoms with Gasteiger partial charge in [-0.2, -0.15) is 0 Å². The summed E-state index contributed by atoms with van der Waals surface area (Å²) >= 11 is 0. The van der Waals surface area contributed by atoms with Crippen LogP contribution in [0.5, 0.6) is 0 Å². The molecule has 3 heterocycles. The molecule has 0 aliphatic carbocycles. The maximum Gasteiger partial charge on any atom is 0.135 e. The number of fused-ring (bicyclic) bond motifs is 1. The highest BCUT2D eigenvalue weighted by Gasteiger charge is 2.21. The van der Waals surface area contributed by atoms with Crippen LogP contribution in [0.2, 0.25) is 0 Å². The average Bonchev–Trinajstić information content (AvgIpc) is 2.74. The smallest absolute Gasteiger partial charge is 0.135 e. The molecule has 1 saturated heterocycles. The van der Waals surface area contributed by atoms with Gasteiger partial charge in [0, 0.05) is 31.6 Å². The van der Waals surface area contributed by atoms with E-state index >= 15 is 0 Å². The van der Waals surface area contributed by atoms with E-state index in [-0.39, 0.29) is 0 Å². The molecule has 0 bridgehead atoms. The number of aromatic nitrogens is 2. The van der Waals surface area contributed by atoms with Crippen LogP contribution in [-0.2, 0) is 12.8 Å². The molecule has 1 fully saturated rings. The quantitative estimate of drug-likeness (QED) is 0.786. The third-order valence-corrected chi connectivity index (χ3v) is 3.68. The van der Waals surface area contributed by atoms with E-state index in [2.05, 4.69) is 15.2 Å². The van der Waals surface area contributed by atoms with E-state index < -0.39 is 0 Å².